The van der Waals surface area contributed by atoms with Crippen molar-refractivity contribution in [2.75, 3.05) is 13.1 Å². The maximum Gasteiger partial charge on any atom is 0.171 e. The van der Waals surface area contributed by atoms with Gasteiger partial charge in [0.1, 0.15) is 23.6 Å². The molecule has 0 saturated heterocycles. The lowest BCUT2D eigenvalue weighted by Crippen LogP contribution is -2.37. The van der Waals surface area contributed by atoms with Gasteiger partial charge in [0, 0.05) is 42.2 Å². The fourth-order valence-corrected chi connectivity index (χ4v) is 4.60. The lowest BCUT2D eigenvalue weighted by molar-refractivity contribution is 0.145. The largest absolute Gasteiger partial charge is 0.481 e. The van der Waals surface area contributed by atoms with E-state index >= 15 is 0 Å². The van der Waals surface area contributed by atoms with Crippen molar-refractivity contribution in [1.29, 1.82) is 0 Å². The SMILES string of the molecule is CCN(CC)C1=CC2OC3=CC(=Nc4ncc(Cl)cc4Cl)c4ccccc4C3=NC2C=C1. The minimum absolute atomic E-state index is 0.0552. The molecule has 0 fully saturated rings. The Morgan fingerprint density at radius 3 is 2.66 bits per heavy atom. The van der Waals surface area contributed by atoms with Gasteiger partial charge in [0.2, 0.25) is 0 Å². The molecule has 0 saturated carbocycles. The second-order valence-electron chi connectivity index (χ2n) is 7.68. The van der Waals surface area contributed by atoms with Crippen molar-refractivity contribution in [3.05, 3.63) is 93.5 Å². The van der Waals surface area contributed by atoms with E-state index in [0.29, 0.717) is 21.6 Å². The second kappa shape index (κ2) is 8.57. The zero-order valence-electron chi connectivity index (χ0n) is 17.8. The number of aromatic nitrogens is 1. The summed E-state index contributed by atoms with van der Waals surface area (Å²) < 4.78 is 6.46. The third-order valence-corrected chi connectivity index (χ3v) is 6.26. The van der Waals surface area contributed by atoms with Crippen molar-refractivity contribution in [3.8, 4) is 0 Å². The van der Waals surface area contributed by atoms with Crippen LogP contribution in [0.1, 0.15) is 25.0 Å². The van der Waals surface area contributed by atoms with Gasteiger partial charge in [-0.25, -0.2) is 9.98 Å². The quantitative estimate of drug-likeness (QED) is 0.577. The Labute approximate surface area is 197 Å². The summed E-state index contributed by atoms with van der Waals surface area (Å²) in [7, 11) is 0. The molecule has 5 nitrogen and oxygen atoms in total. The third-order valence-electron chi connectivity index (χ3n) is 5.78. The van der Waals surface area contributed by atoms with Gasteiger partial charge in [0.05, 0.1) is 15.8 Å². The molecular formula is C25H22Cl2N4O. The molecule has 3 aliphatic rings. The summed E-state index contributed by atoms with van der Waals surface area (Å²) in [6, 6.07) is 9.63. The molecule has 2 heterocycles. The highest BCUT2D eigenvalue weighted by molar-refractivity contribution is 6.36. The number of halogens is 2. The number of hydrogen-bond acceptors (Lipinski definition) is 5. The first-order chi connectivity index (χ1) is 15.6. The first-order valence-electron chi connectivity index (χ1n) is 10.7. The average molecular weight is 465 g/mol. The lowest BCUT2D eigenvalue weighted by atomic mass is 9.90. The van der Waals surface area contributed by atoms with Gasteiger partial charge in [0.25, 0.3) is 0 Å². The molecule has 2 aliphatic carbocycles. The van der Waals surface area contributed by atoms with Gasteiger partial charge in [-0.1, -0.05) is 53.5 Å². The van der Waals surface area contributed by atoms with Gasteiger partial charge in [-0.3, -0.25) is 4.99 Å². The highest BCUT2D eigenvalue weighted by Crippen LogP contribution is 2.34. The van der Waals surface area contributed by atoms with Crippen molar-refractivity contribution in [1.82, 2.24) is 9.88 Å². The van der Waals surface area contributed by atoms with Crippen LogP contribution in [0.2, 0.25) is 10.0 Å². The van der Waals surface area contributed by atoms with Crippen LogP contribution in [0.5, 0.6) is 0 Å². The highest BCUT2D eigenvalue weighted by atomic mass is 35.5. The molecule has 1 aromatic heterocycles. The van der Waals surface area contributed by atoms with Crippen LogP contribution < -0.4 is 0 Å². The monoisotopic (exact) mass is 464 g/mol. The van der Waals surface area contributed by atoms with E-state index in [1.54, 1.807) is 6.07 Å². The van der Waals surface area contributed by atoms with Crippen molar-refractivity contribution in [3.63, 3.8) is 0 Å². The standard InChI is InChI=1S/C25H22Cl2N4O/c1-3-31(4-2)16-9-10-20-22(12-16)32-23-13-21(30-25-19(27)11-15(26)14-28-25)17-7-5-6-8-18(17)24(23)29-20/h5-14,20,22H,3-4H2,1-2H3. The Balaban J connectivity index is 1.58. The molecule has 0 bridgehead atoms. The normalized spacial score (nSPS) is 22.1. The Morgan fingerprint density at radius 1 is 1.12 bits per heavy atom. The molecule has 0 spiro atoms. The number of benzene rings is 1. The predicted octanol–water partition coefficient (Wildman–Crippen LogP) is 5.76. The summed E-state index contributed by atoms with van der Waals surface area (Å²) in [5.41, 5.74) is 4.69. The summed E-state index contributed by atoms with van der Waals surface area (Å²) in [5.74, 6) is 1.12. The molecule has 7 heteroatoms. The van der Waals surface area contributed by atoms with E-state index in [-0.39, 0.29) is 12.1 Å². The fraction of sp³-hybridized carbons (Fsp3) is 0.240. The Hall–Kier alpha value is -2.89. The molecule has 2 aromatic rings. The van der Waals surface area contributed by atoms with Gasteiger partial charge < -0.3 is 9.64 Å². The van der Waals surface area contributed by atoms with Crippen LogP contribution >= 0.6 is 23.2 Å². The maximum atomic E-state index is 6.46. The first kappa shape index (κ1) is 21.0. The minimum atomic E-state index is -0.158. The molecule has 2 unspecified atom stereocenters. The number of pyridine rings is 1. The summed E-state index contributed by atoms with van der Waals surface area (Å²) in [4.78, 5) is 16.4. The zero-order chi connectivity index (χ0) is 22.2. The van der Waals surface area contributed by atoms with Gasteiger partial charge in [-0.2, -0.15) is 0 Å². The Kier molecular flexibility index (Phi) is 5.62. The van der Waals surface area contributed by atoms with Crippen LogP contribution in [-0.4, -0.2) is 46.5 Å². The van der Waals surface area contributed by atoms with Crippen molar-refractivity contribution in [2.45, 2.75) is 26.0 Å². The van der Waals surface area contributed by atoms with E-state index < -0.39 is 0 Å². The molecule has 0 N–H and O–H groups in total. The lowest BCUT2D eigenvalue weighted by Gasteiger charge is -2.35. The number of rotatable bonds is 4. The maximum absolute atomic E-state index is 6.46. The smallest absolute Gasteiger partial charge is 0.171 e. The summed E-state index contributed by atoms with van der Waals surface area (Å²) in [6.07, 6.45) is 9.74. The number of allylic oxidation sites excluding steroid dienone is 3. The first-order valence-corrected chi connectivity index (χ1v) is 11.4. The number of likely N-dealkylation sites (N-methyl/N-ethyl adjacent to an activating group) is 1. The molecule has 5 rings (SSSR count). The molecule has 1 aromatic carbocycles. The van der Waals surface area contributed by atoms with Crippen molar-refractivity contribution < 1.29 is 4.74 Å². The number of aliphatic imine (C=N–C) groups is 2. The van der Waals surface area contributed by atoms with Gasteiger partial charge in [-0.05, 0) is 32.1 Å². The topological polar surface area (TPSA) is 50.1 Å². The van der Waals surface area contributed by atoms with Crippen LogP contribution in [0.3, 0.4) is 0 Å². The fourth-order valence-electron chi connectivity index (χ4n) is 4.18. The minimum Gasteiger partial charge on any atom is -0.481 e. The molecule has 0 amide bonds. The third kappa shape index (κ3) is 3.76. The van der Waals surface area contributed by atoms with E-state index in [1.165, 1.54) is 6.20 Å². The van der Waals surface area contributed by atoms with Gasteiger partial charge in [0.15, 0.2) is 5.82 Å². The summed E-state index contributed by atoms with van der Waals surface area (Å²) in [6.45, 7) is 6.20. The van der Waals surface area contributed by atoms with Crippen molar-refractivity contribution in [2.24, 2.45) is 9.98 Å². The van der Waals surface area contributed by atoms with Gasteiger partial charge in [-0.15, -0.1) is 0 Å². The van der Waals surface area contributed by atoms with Crippen LogP contribution in [-0.2, 0) is 4.74 Å². The van der Waals surface area contributed by atoms with Crippen LogP contribution in [0.15, 0.2) is 82.3 Å². The van der Waals surface area contributed by atoms with E-state index in [2.05, 4.69) is 42.0 Å². The number of nitrogens with zero attached hydrogens (tertiary/aromatic N) is 4. The summed E-state index contributed by atoms with van der Waals surface area (Å²) in [5, 5.41) is 0.868. The Bertz CT molecular complexity index is 1220. The van der Waals surface area contributed by atoms with E-state index in [0.717, 1.165) is 41.3 Å². The molecule has 1 aliphatic heterocycles. The van der Waals surface area contributed by atoms with Crippen LogP contribution in [0.25, 0.3) is 0 Å². The van der Waals surface area contributed by atoms with E-state index in [1.807, 2.05) is 30.3 Å². The van der Waals surface area contributed by atoms with Crippen LogP contribution in [0.4, 0.5) is 5.82 Å². The molecule has 0 radical (unpaired) electrons. The second-order valence-corrected chi connectivity index (χ2v) is 8.53. The molecule has 32 heavy (non-hydrogen) atoms. The van der Waals surface area contributed by atoms with E-state index in [9.17, 15) is 0 Å². The Morgan fingerprint density at radius 2 is 1.91 bits per heavy atom. The number of ether oxygens (including phenoxy) is 1. The predicted molar refractivity (Wildman–Crippen MR) is 130 cm³/mol. The number of hydrogen-bond donors (Lipinski definition) is 0. The molecule has 2 atom stereocenters. The van der Waals surface area contributed by atoms with Crippen molar-refractivity contribution >= 4 is 40.4 Å². The van der Waals surface area contributed by atoms with E-state index in [4.69, 9.17) is 37.9 Å². The molecule has 162 valence electrons. The highest BCUT2D eigenvalue weighted by Gasteiger charge is 2.34. The van der Waals surface area contributed by atoms with Crippen LogP contribution in [0, 0.1) is 0 Å². The number of fused-ring (bicyclic) bond motifs is 4. The average Bonchev–Trinajstić information content (AvgIpc) is 2.80. The van der Waals surface area contributed by atoms with Gasteiger partial charge >= 0.3 is 0 Å². The molecular weight excluding hydrogens is 443 g/mol. The summed E-state index contributed by atoms with van der Waals surface area (Å²) >= 11 is 12.3. The zero-order valence-corrected chi connectivity index (χ0v) is 19.3.